The van der Waals surface area contributed by atoms with Gasteiger partial charge in [-0.1, -0.05) is 22.9 Å². The highest BCUT2D eigenvalue weighted by Crippen LogP contribution is 2.64. The Kier molecular flexibility index (Phi) is 4.86. The maximum Gasteiger partial charge on any atom is 0.147 e. The number of aliphatic hydroxyl groups is 2. The summed E-state index contributed by atoms with van der Waals surface area (Å²) in [6.07, 6.45) is 9.91. The van der Waals surface area contributed by atoms with Crippen LogP contribution >= 0.6 is 15.9 Å². The molecule has 3 nitrogen and oxygen atoms in total. The van der Waals surface area contributed by atoms with Crippen LogP contribution in [0.15, 0.2) is 0 Å². The van der Waals surface area contributed by atoms with Crippen LogP contribution < -0.4 is 0 Å². The Labute approximate surface area is 160 Å². The van der Waals surface area contributed by atoms with E-state index >= 15 is 0 Å². The third-order valence-electron chi connectivity index (χ3n) is 8.92. The quantitative estimate of drug-likeness (QED) is 0.689. The molecule has 4 rings (SSSR count). The molecule has 4 fully saturated rings. The van der Waals surface area contributed by atoms with Gasteiger partial charge >= 0.3 is 0 Å². The molecule has 0 amide bonds. The minimum Gasteiger partial charge on any atom is -0.393 e. The predicted octanol–water partition coefficient (Wildman–Crippen LogP) is 3.94. The third kappa shape index (κ3) is 2.86. The molecule has 0 unspecified atom stereocenters. The lowest BCUT2D eigenvalue weighted by Crippen LogP contribution is -2.52. The smallest absolute Gasteiger partial charge is 0.147 e. The summed E-state index contributed by atoms with van der Waals surface area (Å²) in [5.74, 6) is 4.31. The average Bonchev–Trinajstić information content (AvgIpc) is 2.98. The van der Waals surface area contributed by atoms with E-state index in [1.54, 1.807) is 0 Å². The van der Waals surface area contributed by atoms with Crippen LogP contribution in [0, 0.1) is 40.9 Å². The van der Waals surface area contributed by atoms with Crippen LogP contribution in [0.5, 0.6) is 0 Å². The third-order valence-corrected chi connectivity index (χ3v) is 9.47. The van der Waals surface area contributed by atoms with Gasteiger partial charge in [-0.2, -0.15) is 0 Å². The molecular weight excluding hydrogens is 380 g/mol. The fraction of sp³-hybridized carbons (Fsp3) is 0.952. The van der Waals surface area contributed by atoms with Gasteiger partial charge in [-0.3, -0.25) is 4.79 Å². The van der Waals surface area contributed by atoms with E-state index in [-0.39, 0.29) is 17.9 Å². The predicted molar refractivity (Wildman–Crippen MR) is 101 cm³/mol. The molecule has 0 aromatic rings. The number of hydrogen-bond donors (Lipinski definition) is 2. The first-order valence-electron chi connectivity index (χ1n) is 10.3. The minimum atomic E-state index is -0.821. The van der Waals surface area contributed by atoms with Crippen molar-refractivity contribution in [3.63, 3.8) is 0 Å². The summed E-state index contributed by atoms with van der Waals surface area (Å²) >= 11 is 3.40. The van der Waals surface area contributed by atoms with Gasteiger partial charge in [-0.25, -0.2) is 0 Å². The van der Waals surface area contributed by atoms with Crippen molar-refractivity contribution >= 4 is 21.7 Å². The topological polar surface area (TPSA) is 57.5 Å². The molecule has 8 atom stereocenters. The summed E-state index contributed by atoms with van der Waals surface area (Å²) in [6, 6.07) is 0. The molecule has 0 heterocycles. The van der Waals surface area contributed by atoms with Crippen molar-refractivity contribution in [3.8, 4) is 0 Å². The fourth-order valence-electron chi connectivity index (χ4n) is 7.73. The van der Waals surface area contributed by atoms with Crippen molar-refractivity contribution in [2.75, 3.05) is 11.9 Å². The molecule has 0 aromatic carbocycles. The van der Waals surface area contributed by atoms with Crippen LogP contribution in [-0.2, 0) is 4.79 Å². The van der Waals surface area contributed by atoms with E-state index in [0.29, 0.717) is 17.0 Å². The number of rotatable bonds is 3. The van der Waals surface area contributed by atoms with E-state index in [0.717, 1.165) is 49.4 Å². The molecule has 0 aliphatic heterocycles. The van der Waals surface area contributed by atoms with Crippen LogP contribution in [0.3, 0.4) is 0 Å². The number of carbonyl (C=O) groups excluding carboxylic acids is 1. The highest BCUT2D eigenvalue weighted by molar-refractivity contribution is 9.09. The Bertz CT molecular complexity index is 537. The lowest BCUT2D eigenvalue weighted by Gasteiger charge is -2.57. The van der Waals surface area contributed by atoms with Crippen LogP contribution in [0.1, 0.15) is 64.7 Å². The molecule has 0 saturated heterocycles. The molecule has 4 aliphatic carbocycles. The SMILES string of the molecule is C[C@]12CC[C@H]3[C@@H](CC[C@@H]4C[C@@](O)(CO)CC[C@@H]43)[C@@H]1CC[C@@H]2C(=O)CBr. The van der Waals surface area contributed by atoms with Gasteiger partial charge in [0, 0.05) is 5.92 Å². The molecule has 0 spiro atoms. The van der Waals surface area contributed by atoms with Gasteiger partial charge in [-0.05, 0) is 92.8 Å². The van der Waals surface area contributed by atoms with Crippen LogP contribution in [0.4, 0.5) is 0 Å². The number of ketones is 1. The molecular formula is C21H33BrO3. The Hall–Kier alpha value is 0.0700. The zero-order valence-corrected chi connectivity index (χ0v) is 17.0. The van der Waals surface area contributed by atoms with Crippen LogP contribution in [-0.4, -0.2) is 33.5 Å². The highest BCUT2D eigenvalue weighted by atomic mass is 79.9. The second-order valence-corrected chi connectivity index (χ2v) is 10.4. The zero-order valence-electron chi connectivity index (χ0n) is 15.4. The van der Waals surface area contributed by atoms with E-state index in [4.69, 9.17) is 0 Å². The number of aliphatic hydroxyl groups excluding tert-OH is 1. The lowest BCUT2D eigenvalue weighted by atomic mass is 9.49. The zero-order chi connectivity index (χ0) is 17.8. The largest absolute Gasteiger partial charge is 0.393 e. The van der Waals surface area contributed by atoms with Crippen molar-refractivity contribution < 1.29 is 15.0 Å². The molecule has 4 heteroatoms. The molecule has 4 saturated carbocycles. The Morgan fingerprint density at radius 1 is 1.04 bits per heavy atom. The highest BCUT2D eigenvalue weighted by Gasteiger charge is 2.58. The summed E-state index contributed by atoms with van der Waals surface area (Å²) in [5, 5.41) is 20.6. The first-order chi connectivity index (χ1) is 11.9. The average molecular weight is 413 g/mol. The van der Waals surface area contributed by atoms with Crippen molar-refractivity contribution in [2.45, 2.75) is 70.3 Å². The molecule has 142 valence electrons. The fourth-order valence-corrected chi connectivity index (χ4v) is 8.12. The standard InChI is InChI=1S/C21H33BrO3/c1-20-8-6-15-14-7-9-21(25,12-23)10-13(14)2-3-16(15)17(20)4-5-18(20)19(24)11-22/h13-18,23,25H,2-12H2,1H3/t13-,14+,15-,16-,17+,18-,20+,21-/m1/s1. The maximum atomic E-state index is 12.5. The van der Waals surface area contributed by atoms with Gasteiger partial charge in [0.05, 0.1) is 17.5 Å². The van der Waals surface area contributed by atoms with Gasteiger partial charge in [0.1, 0.15) is 5.78 Å². The summed E-state index contributed by atoms with van der Waals surface area (Å²) in [6.45, 7) is 2.32. The Morgan fingerprint density at radius 3 is 2.52 bits per heavy atom. The van der Waals surface area contributed by atoms with Crippen molar-refractivity contribution in [2.24, 2.45) is 40.9 Å². The second kappa shape index (κ2) is 6.60. The number of carbonyl (C=O) groups is 1. The maximum absolute atomic E-state index is 12.5. The summed E-state index contributed by atoms with van der Waals surface area (Å²) in [4.78, 5) is 12.5. The summed E-state index contributed by atoms with van der Waals surface area (Å²) < 4.78 is 0. The number of halogens is 1. The van der Waals surface area contributed by atoms with E-state index in [2.05, 4.69) is 22.9 Å². The van der Waals surface area contributed by atoms with Crippen LogP contribution in [0.2, 0.25) is 0 Å². The minimum absolute atomic E-state index is 0.0820. The van der Waals surface area contributed by atoms with Crippen molar-refractivity contribution in [1.82, 2.24) is 0 Å². The first-order valence-corrected chi connectivity index (χ1v) is 11.5. The summed E-state index contributed by atoms with van der Waals surface area (Å²) in [7, 11) is 0. The summed E-state index contributed by atoms with van der Waals surface area (Å²) in [5.41, 5.74) is -0.600. The number of alkyl halides is 1. The normalized spacial score (nSPS) is 52.2. The van der Waals surface area contributed by atoms with Crippen LogP contribution in [0.25, 0.3) is 0 Å². The monoisotopic (exact) mass is 412 g/mol. The van der Waals surface area contributed by atoms with Gasteiger partial charge in [0.2, 0.25) is 0 Å². The van der Waals surface area contributed by atoms with E-state index in [9.17, 15) is 15.0 Å². The van der Waals surface area contributed by atoms with Gasteiger partial charge in [0.15, 0.2) is 0 Å². The van der Waals surface area contributed by atoms with Crippen molar-refractivity contribution in [3.05, 3.63) is 0 Å². The molecule has 0 radical (unpaired) electrons. The van der Waals surface area contributed by atoms with Crippen molar-refractivity contribution in [1.29, 1.82) is 0 Å². The number of hydrogen-bond acceptors (Lipinski definition) is 3. The molecule has 4 aliphatic rings. The molecule has 0 bridgehead atoms. The van der Waals surface area contributed by atoms with E-state index < -0.39 is 5.60 Å². The molecule has 0 aromatic heterocycles. The number of fused-ring (bicyclic) bond motifs is 5. The molecule has 2 N–H and O–H groups in total. The number of Topliss-reactive ketones (excluding diaryl/α,β-unsaturated/α-hetero) is 1. The first kappa shape index (κ1) is 18.4. The Balaban J connectivity index is 1.52. The van der Waals surface area contributed by atoms with Gasteiger partial charge < -0.3 is 10.2 Å². The van der Waals surface area contributed by atoms with Gasteiger partial charge in [0.25, 0.3) is 0 Å². The van der Waals surface area contributed by atoms with E-state index in [1.165, 1.54) is 32.1 Å². The van der Waals surface area contributed by atoms with E-state index in [1.807, 2.05) is 0 Å². The molecule has 25 heavy (non-hydrogen) atoms. The van der Waals surface area contributed by atoms with Gasteiger partial charge in [-0.15, -0.1) is 0 Å². The second-order valence-electron chi connectivity index (χ2n) is 9.84. The lowest BCUT2D eigenvalue weighted by molar-refractivity contribution is -0.133. The Morgan fingerprint density at radius 2 is 1.80 bits per heavy atom.